The van der Waals surface area contributed by atoms with Crippen molar-refractivity contribution in [3.8, 4) is 0 Å². The molecule has 0 aromatic heterocycles. The van der Waals surface area contributed by atoms with Crippen molar-refractivity contribution >= 4 is 16.7 Å². The maximum atomic E-state index is 12.2. The Morgan fingerprint density at radius 1 is 1.00 bits per heavy atom. The monoisotopic (exact) mass is 514 g/mol. The minimum atomic E-state index is -0.878. The summed E-state index contributed by atoms with van der Waals surface area (Å²) in [5.41, 5.74) is 1.54. The van der Waals surface area contributed by atoms with E-state index in [2.05, 4.69) is 48.1 Å². The van der Waals surface area contributed by atoms with Crippen molar-refractivity contribution in [2.75, 3.05) is 13.2 Å². The highest BCUT2D eigenvalue weighted by atomic mass is 16.5. The average Bonchev–Trinajstić information content (AvgIpc) is 2.90. The number of hydrogen-bond donors (Lipinski definition) is 1. The van der Waals surface area contributed by atoms with E-state index >= 15 is 0 Å². The normalized spacial score (nSPS) is 12.3. The maximum absolute atomic E-state index is 12.2. The van der Waals surface area contributed by atoms with Crippen LogP contribution >= 0.6 is 0 Å². The van der Waals surface area contributed by atoms with Crippen molar-refractivity contribution in [2.45, 2.75) is 94.3 Å². The first-order chi connectivity index (χ1) is 17.5. The van der Waals surface area contributed by atoms with Crippen molar-refractivity contribution in [2.24, 2.45) is 11.8 Å². The Morgan fingerprint density at radius 3 is 2.03 bits per heavy atom. The van der Waals surface area contributed by atoms with Crippen molar-refractivity contribution in [3.05, 3.63) is 72.3 Å². The van der Waals surface area contributed by atoms with Crippen LogP contribution in [0.25, 0.3) is 10.8 Å². The summed E-state index contributed by atoms with van der Waals surface area (Å²) in [4.78, 5) is 12.2. The van der Waals surface area contributed by atoms with Gasteiger partial charge in [-0.25, -0.2) is 4.79 Å². The Bertz CT molecular complexity index is 880. The van der Waals surface area contributed by atoms with Crippen molar-refractivity contribution in [1.29, 1.82) is 0 Å². The van der Waals surface area contributed by atoms with E-state index in [0.717, 1.165) is 28.2 Å². The fourth-order valence-electron chi connectivity index (χ4n) is 2.57. The lowest BCUT2D eigenvalue weighted by molar-refractivity contribution is -0.0264. The number of benzene rings is 2. The zero-order valence-electron chi connectivity index (χ0n) is 25.2. The van der Waals surface area contributed by atoms with Crippen LogP contribution in [0, 0.1) is 11.8 Å². The van der Waals surface area contributed by atoms with Gasteiger partial charge in [-0.2, -0.15) is 0 Å². The molecule has 210 valence electrons. The molecule has 2 aromatic rings. The van der Waals surface area contributed by atoms with Crippen LogP contribution in [0.2, 0.25) is 0 Å². The third-order valence-corrected chi connectivity index (χ3v) is 5.04. The van der Waals surface area contributed by atoms with Crippen LogP contribution < -0.4 is 0 Å². The molecule has 0 saturated carbocycles. The van der Waals surface area contributed by atoms with Gasteiger partial charge in [0.25, 0.3) is 0 Å². The number of fused-ring (bicyclic) bond motifs is 1. The number of rotatable bonds is 10. The number of carbonyl (C=O) groups excluding carboxylic acids is 1. The first kappa shape index (κ1) is 36.7. The Hall–Kier alpha value is -2.43. The maximum Gasteiger partial charge on any atom is 0.338 e. The molecule has 0 radical (unpaired) electrons. The van der Waals surface area contributed by atoms with Crippen molar-refractivity contribution < 1.29 is 19.4 Å². The van der Waals surface area contributed by atoms with Crippen molar-refractivity contribution in [3.63, 3.8) is 0 Å². The highest BCUT2D eigenvalue weighted by molar-refractivity contribution is 5.95. The lowest BCUT2D eigenvalue weighted by Crippen LogP contribution is -2.27. The molecule has 0 fully saturated rings. The molecular weight excluding hydrogens is 460 g/mol. The van der Waals surface area contributed by atoms with E-state index in [0.29, 0.717) is 12.0 Å². The zero-order chi connectivity index (χ0) is 28.8. The molecule has 1 N–H and O–H groups in total. The second-order valence-electron chi connectivity index (χ2n) is 9.73. The Labute approximate surface area is 227 Å². The molecule has 0 spiro atoms. The highest BCUT2D eigenvalue weighted by Crippen LogP contribution is 2.16. The Kier molecular flexibility index (Phi) is 22.6. The molecule has 0 amide bonds. The SMILES string of the molecule is C=CCC(OCC(O)COC(=O)c1ccc2ccccc2c1)/C(C)=C\C.CC.CC(C)C.CCC(C)C. The van der Waals surface area contributed by atoms with Gasteiger partial charge in [-0.3, -0.25) is 0 Å². The van der Waals surface area contributed by atoms with Gasteiger partial charge in [0.1, 0.15) is 12.7 Å². The third-order valence-electron chi connectivity index (χ3n) is 5.04. The fourth-order valence-corrected chi connectivity index (χ4v) is 2.57. The van der Waals surface area contributed by atoms with E-state index in [4.69, 9.17) is 9.47 Å². The molecule has 4 nitrogen and oxygen atoms in total. The lowest BCUT2D eigenvalue weighted by Gasteiger charge is -2.19. The van der Waals surface area contributed by atoms with Gasteiger partial charge < -0.3 is 14.6 Å². The number of allylic oxidation sites excluding steroid dienone is 1. The number of hydrogen-bond acceptors (Lipinski definition) is 4. The summed E-state index contributed by atoms with van der Waals surface area (Å²) in [5.74, 6) is 1.26. The van der Waals surface area contributed by atoms with E-state index in [9.17, 15) is 9.90 Å². The molecule has 0 saturated heterocycles. The molecule has 2 rings (SSSR count). The summed E-state index contributed by atoms with van der Waals surface area (Å²) in [7, 11) is 0. The van der Waals surface area contributed by atoms with Gasteiger partial charge in [-0.05, 0) is 60.6 Å². The summed E-state index contributed by atoms with van der Waals surface area (Å²) in [5, 5.41) is 12.1. The summed E-state index contributed by atoms with van der Waals surface area (Å²) in [6.07, 6.45) is 4.73. The Balaban J connectivity index is 0. The topological polar surface area (TPSA) is 55.8 Å². The number of esters is 1. The molecule has 0 aliphatic carbocycles. The van der Waals surface area contributed by atoms with Gasteiger partial charge >= 0.3 is 5.97 Å². The van der Waals surface area contributed by atoms with E-state index in [1.807, 2.05) is 64.1 Å². The van der Waals surface area contributed by atoms with Gasteiger partial charge in [0.15, 0.2) is 0 Å². The molecule has 0 bridgehead atoms. The van der Waals surface area contributed by atoms with E-state index in [1.54, 1.807) is 18.2 Å². The standard InChI is InChI=1S/C22H26O4.C5H12.C4H10.C2H6/c1-4-8-21(16(3)5-2)25-14-20(23)15-26-22(24)19-12-11-17-9-6-7-10-18(17)13-19;1-4-5(2)3;1-4(2)3;1-2/h4-7,9-13,20-21,23H,1,8,14-15H2,2-3H3;5H,4H2,1-3H3;4H,1-3H3;1-2H3/b16-5-;;;. The molecule has 0 aliphatic heterocycles. The molecular formula is C33H54O4. The number of aliphatic hydroxyl groups excluding tert-OH is 1. The summed E-state index contributed by atoms with van der Waals surface area (Å²) < 4.78 is 10.9. The summed E-state index contributed by atoms with van der Waals surface area (Å²) in [6, 6.07) is 13.2. The van der Waals surface area contributed by atoms with Gasteiger partial charge in [-0.1, -0.05) is 104 Å². The molecule has 4 heteroatoms. The van der Waals surface area contributed by atoms with Gasteiger partial charge in [0.05, 0.1) is 18.3 Å². The first-order valence-electron chi connectivity index (χ1n) is 13.7. The van der Waals surface area contributed by atoms with Crippen molar-refractivity contribution in [1.82, 2.24) is 0 Å². The van der Waals surface area contributed by atoms with E-state index < -0.39 is 12.1 Å². The number of ether oxygens (including phenoxy) is 2. The minimum Gasteiger partial charge on any atom is -0.459 e. The largest absolute Gasteiger partial charge is 0.459 e. The zero-order valence-corrected chi connectivity index (χ0v) is 25.2. The van der Waals surface area contributed by atoms with Gasteiger partial charge in [-0.15, -0.1) is 6.58 Å². The molecule has 2 atom stereocenters. The van der Waals surface area contributed by atoms with Gasteiger partial charge in [0, 0.05) is 0 Å². The summed E-state index contributed by atoms with van der Waals surface area (Å²) in [6.45, 7) is 24.8. The van der Waals surface area contributed by atoms with Crippen LogP contribution in [-0.4, -0.2) is 36.5 Å². The number of aliphatic hydroxyl groups is 1. The smallest absolute Gasteiger partial charge is 0.338 e. The van der Waals surface area contributed by atoms with Gasteiger partial charge in [0.2, 0.25) is 0 Å². The molecule has 0 heterocycles. The second-order valence-corrected chi connectivity index (χ2v) is 9.73. The van der Waals surface area contributed by atoms with Crippen LogP contribution in [0.5, 0.6) is 0 Å². The highest BCUT2D eigenvalue weighted by Gasteiger charge is 2.15. The van der Waals surface area contributed by atoms with Crippen LogP contribution in [0.4, 0.5) is 0 Å². The summed E-state index contributed by atoms with van der Waals surface area (Å²) >= 11 is 0. The molecule has 2 unspecified atom stereocenters. The van der Waals surface area contributed by atoms with Crippen LogP contribution in [0.15, 0.2) is 66.8 Å². The lowest BCUT2D eigenvalue weighted by atomic mass is 10.1. The van der Waals surface area contributed by atoms with E-state index in [1.165, 1.54) is 6.42 Å². The predicted molar refractivity (Wildman–Crippen MR) is 161 cm³/mol. The average molecular weight is 515 g/mol. The second kappa shape index (κ2) is 22.7. The van der Waals surface area contributed by atoms with Crippen LogP contribution in [0.3, 0.4) is 0 Å². The quantitative estimate of drug-likeness (QED) is 0.254. The Morgan fingerprint density at radius 2 is 1.54 bits per heavy atom. The third kappa shape index (κ3) is 18.5. The molecule has 37 heavy (non-hydrogen) atoms. The predicted octanol–water partition coefficient (Wildman–Crippen LogP) is 9.03. The molecule has 2 aromatic carbocycles. The van der Waals surface area contributed by atoms with E-state index in [-0.39, 0.29) is 19.3 Å². The number of carbonyl (C=O) groups is 1. The minimum absolute atomic E-state index is 0.0920. The van der Waals surface area contributed by atoms with Crippen LogP contribution in [0.1, 0.15) is 92.4 Å². The first-order valence-corrected chi connectivity index (χ1v) is 13.7. The fraction of sp³-hybridized carbons (Fsp3) is 0.545. The molecule has 0 aliphatic rings. The van der Waals surface area contributed by atoms with Crippen LogP contribution in [-0.2, 0) is 9.47 Å².